The molecule has 2 nitrogen and oxygen atoms in total. The van der Waals surface area contributed by atoms with Gasteiger partial charge in [-0.3, -0.25) is 0 Å². The SMILES string of the molecule is Oc1ccc2c(c1)C#CCCC[C@@H](O)C#C2. The molecule has 1 atom stereocenters. The summed E-state index contributed by atoms with van der Waals surface area (Å²) >= 11 is 0. The maximum absolute atomic E-state index is 9.54. The molecule has 0 saturated carbocycles. The third-order valence-electron chi connectivity index (χ3n) is 2.38. The highest BCUT2D eigenvalue weighted by molar-refractivity contribution is 5.53. The number of hydrogen-bond acceptors (Lipinski definition) is 2. The van der Waals surface area contributed by atoms with Gasteiger partial charge in [-0.1, -0.05) is 23.7 Å². The molecule has 2 N–H and O–H groups in total. The Bertz CT molecular complexity index is 509. The molecule has 0 spiro atoms. The molecule has 1 aromatic rings. The van der Waals surface area contributed by atoms with Gasteiger partial charge < -0.3 is 10.2 Å². The van der Waals surface area contributed by atoms with E-state index in [1.165, 1.54) is 0 Å². The lowest BCUT2D eigenvalue weighted by Crippen LogP contribution is -2.02. The Morgan fingerprint density at radius 2 is 2.06 bits per heavy atom. The molecule has 0 unspecified atom stereocenters. The molecule has 0 bridgehead atoms. The summed E-state index contributed by atoms with van der Waals surface area (Å²) in [6.07, 6.45) is 1.67. The first kappa shape index (κ1) is 10.6. The van der Waals surface area contributed by atoms with E-state index in [1.807, 2.05) is 0 Å². The van der Waals surface area contributed by atoms with E-state index in [2.05, 4.69) is 23.7 Å². The third-order valence-corrected chi connectivity index (χ3v) is 2.38. The van der Waals surface area contributed by atoms with E-state index < -0.39 is 6.10 Å². The second-order valence-electron chi connectivity index (χ2n) is 3.71. The van der Waals surface area contributed by atoms with Crippen LogP contribution in [0.4, 0.5) is 0 Å². The molecule has 1 aliphatic rings. The van der Waals surface area contributed by atoms with Crippen molar-refractivity contribution in [3.63, 3.8) is 0 Å². The summed E-state index contributed by atoms with van der Waals surface area (Å²) in [5.41, 5.74) is 1.48. The lowest BCUT2D eigenvalue weighted by molar-refractivity contribution is 0.219. The Balaban J connectivity index is 2.46. The van der Waals surface area contributed by atoms with Crippen molar-refractivity contribution in [3.05, 3.63) is 29.3 Å². The predicted octanol–water partition coefficient (Wildman–Crippen LogP) is 1.64. The Labute approximate surface area is 94.9 Å². The molecule has 2 heteroatoms. The lowest BCUT2D eigenvalue weighted by atomic mass is 10.0. The van der Waals surface area contributed by atoms with Gasteiger partial charge in [0.2, 0.25) is 0 Å². The fraction of sp³-hybridized carbons (Fsp3) is 0.286. The Morgan fingerprint density at radius 3 is 2.94 bits per heavy atom. The number of aromatic hydroxyl groups is 1. The fourth-order valence-electron chi connectivity index (χ4n) is 1.52. The lowest BCUT2D eigenvalue weighted by Gasteiger charge is -2.03. The van der Waals surface area contributed by atoms with Crippen LogP contribution in [0.1, 0.15) is 30.4 Å². The number of rotatable bonds is 0. The summed E-state index contributed by atoms with van der Waals surface area (Å²) in [6.45, 7) is 0. The smallest absolute Gasteiger partial charge is 0.116 e. The van der Waals surface area contributed by atoms with Crippen molar-refractivity contribution >= 4 is 0 Å². The van der Waals surface area contributed by atoms with E-state index in [1.54, 1.807) is 18.2 Å². The maximum atomic E-state index is 9.54. The first-order valence-electron chi connectivity index (χ1n) is 5.27. The molecule has 0 aliphatic heterocycles. The molecule has 16 heavy (non-hydrogen) atoms. The average molecular weight is 212 g/mol. The van der Waals surface area contributed by atoms with Gasteiger partial charge in [0.15, 0.2) is 0 Å². The van der Waals surface area contributed by atoms with Gasteiger partial charge in [-0.2, -0.15) is 0 Å². The minimum atomic E-state index is -0.582. The van der Waals surface area contributed by atoms with E-state index in [0.29, 0.717) is 6.42 Å². The molecule has 0 amide bonds. The predicted molar refractivity (Wildman–Crippen MR) is 61.7 cm³/mol. The molecule has 2 rings (SSSR count). The zero-order chi connectivity index (χ0) is 11.4. The topological polar surface area (TPSA) is 40.5 Å². The molecular weight excluding hydrogens is 200 g/mol. The summed E-state index contributed by atoms with van der Waals surface area (Å²) in [7, 11) is 0. The van der Waals surface area contributed by atoms with Crippen LogP contribution in [0, 0.1) is 23.7 Å². The number of hydrogen-bond donors (Lipinski definition) is 2. The summed E-state index contributed by atoms with van der Waals surface area (Å²) < 4.78 is 0. The van der Waals surface area contributed by atoms with Crippen molar-refractivity contribution in [2.45, 2.75) is 25.4 Å². The van der Waals surface area contributed by atoms with Crippen LogP contribution < -0.4 is 0 Å². The molecule has 0 saturated heterocycles. The van der Waals surface area contributed by atoms with Crippen molar-refractivity contribution in [2.75, 3.05) is 0 Å². The second kappa shape index (κ2) is 4.75. The number of fused-ring (bicyclic) bond motifs is 1. The van der Waals surface area contributed by atoms with Crippen molar-refractivity contribution in [1.82, 2.24) is 0 Å². The van der Waals surface area contributed by atoms with E-state index in [0.717, 1.165) is 24.0 Å². The minimum Gasteiger partial charge on any atom is -0.508 e. The van der Waals surface area contributed by atoms with E-state index in [-0.39, 0.29) is 5.75 Å². The van der Waals surface area contributed by atoms with Gasteiger partial charge in [0.1, 0.15) is 11.9 Å². The normalized spacial score (nSPS) is 18.4. The number of phenols is 1. The highest BCUT2D eigenvalue weighted by atomic mass is 16.3. The highest BCUT2D eigenvalue weighted by Crippen LogP contribution is 2.15. The van der Waals surface area contributed by atoms with E-state index in [9.17, 15) is 10.2 Å². The molecule has 0 heterocycles. The maximum Gasteiger partial charge on any atom is 0.116 e. The van der Waals surface area contributed by atoms with Gasteiger partial charge in [-0.05, 0) is 31.0 Å². The van der Waals surface area contributed by atoms with Gasteiger partial charge in [-0.25, -0.2) is 0 Å². The minimum absolute atomic E-state index is 0.187. The first-order chi connectivity index (χ1) is 7.75. The van der Waals surface area contributed by atoms with Crippen LogP contribution in [0.15, 0.2) is 18.2 Å². The van der Waals surface area contributed by atoms with Crippen molar-refractivity contribution in [1.29, 1.82) is 0 Å². The van der Waals surface area contributed by atoms with Crippen LogP contribution in [0.5, 0.6) is 5.75 Å². The molecule has 1 aromatic carbocycles. The summed E-state index contributed by atoms with van der Waals surface area (Å²) in [6, 6.07) is 4.90. The van der Waals surface area contributed by atoms with Gasteiger partial charge in [0.05, 0.1) is 0 Å². The summed E-state index contributed by atoms with van der Waals surface area (Å²) in [5.74, 6) is 11.9. The Hall–Kier alpha value is -1.90. The van der Waals surface area contributed by atoms with Crippen LogP contribution in [0.25, 0.3) is 0 Å². The van der Waals surface area contributed by atoms with E-state index >= 15 is 0 Å². The van der Waals surface area contributed by atoms with Crippen LogP contribution in [0.3, 0.4) is 0 Å². The molecule has 0 aromatic heterocycles. The number of phenolic OH excluding ortho intramolecular Hbond substituents is 1. The molecule has 1 aliphatic carbocycles. The molecule has 80 valence electrons. The zero-order valence-corrected chi connectivity index (χ0v) is 8.83. The third kappa shape index (κ3) is 2.57. The Morgan fingerprint density at radius 1 is 1.19 bits per heavy atom. The Kier molecular flexibility index (Phi) is 3.15. The number of benzene rings is 1. The average Bonchev–Trinajstić information content (AvgIpc) is 2.27. The second-order valence-corrected chi connectivity index (χ2v) is 3.71. The monoisotopic (exact) mass is 212 g/mol. The van der Waals surface area contributed by atoms with Gasteiger partial charge in [0, 0.05) is 17.5 Å². The summed E-state index contributed by atoms with van der Waals surface area (Å²) in [4.78, 5) is 0. The van der Waals surface area contributed by atoms with Gasteiger partial charge in [0.25, 0.3) is 0 Å². The zero-order valence-electron chi connectivity index (χ0n) is 8.83. The van der Waals surface area contributed by atoms with Crippen LogP contribution in [0.2, 0.25) is 0 Å². The van der Waals surface area contributed by atoms with Crippen LogP contribution in [-0.4, -0.2) is 16.3 Å². The molecular formula is C14H12O2. The highest BCUT2D eigenvalue weighted by Gasteiger charge is 2.02. The molecule has 0 radical (unpaired) electrons. The van der Waals surface area contributed by atoms with Crippen molar-refractivity contribution < 1.29 is 10.2 Å². The standard InChI is InChI=1S/C14H12O2/c15-13-5-3-1-2-4-12-10-14(16)9-7-11(12)6-8-13/h7,9-10,13,15-16H,1,3,5H2/t13-/m1/s1. The summed E-state index contributed by atoms with van der Waals surface area (Å²) in [5, 5.41) is 18.9. The van der Waals surface area contributed by atoms with E-state index in [4.69, 9.17) is 0 Å². The first-order valence-corrected chi connectivity index (χ1v) is 5.27. The fourth-order valence-corrected chi connectivity index (χ4v) is 1.52. The van der Waals surface area contributed by atoms with Crippen LogP contribution in [-0.2, 0) is 0 Å². The van der Waals surface area contributed by atoms with Gasteiger partial charge >= 0.3 is 0 Å². The number of aliphatic hydroxyl groups is 1. The largest absolute Gasteiger partial charge is 0.508 e. The number of aliphatic hydroxyl groups excluding tert-OH is 1. The molecule has 0 fully saturated rings. The van der Waals surface area contributed by atoms with Crippen molar-refractivity contribution in [3.8, 4) is 29.4 Å². The van der Waals surface area contributed by atoms with Gasteiger partial charge in [-0.15, -0.1) is 0 Å². The van der Waals surface area contributed by atoms with Crippen molar-refractivity contribution in [2.24, 2.45) is 0 Å². The van der Waals surface area contributed by atoms with Crippen LogP contribution >= 0.6 is 0 Å². The quantitative estimate of drug-likeness (QED) is 0.642.